The van der Waals surface area contributed by atoms with Gasteiger partial charge in [-0.15, -0.1) is 0 Å². The van der Waals surface area contributed by atoms with Gasteiger partial charge >= 0.3 is 0 Å². The second kappa shape index (κ2) is 3.98. The van der Waals surface area contributed by atoms with Gasteiger partial charge in [0.05, 0.1) is 0 Å². The topological polar surface area (TPSA) is 76.4 Å². The van der Waals surface area contributed by atoms with Crippen LogP contribution in [0.3, 0.4) is 0 Å². The van der Waals surface area contributed by atoms with E-state index in [0.29, 0.717) is 5.70 Å². The molecule has 0 saturated heterocycles. The summed E-state index contributed by atoms with van der Waals surface area (Å²) in [4.78, 5) is 0. The highest BCUT2D eigenvalue weighted by Gasteiger charge is 1.69. The Labute approximate surface area is 48.2 Å². The maximum absolute atomic E-state index is 5.22. The maximum Gasteiger partial charge on any atom is 0.106 e. The molecule has 0 aromatic carbocycles. The van der Waals surface area contributed by atoms with Gasteiger partial charge in [-0.05, 0) is 6.92 Å². The molecule has 0 unspecified atom stereocenters. The Hall–Kier alpha value is -1.19. The van der Waals surface area contributed by atoms with Gasteiger partial charge in [-0.1, -0.05) is 0 Å². The van der Waals surface area contributed by atoms with Crippen molar-refractivity contribution in [2.24, 2.45) is 16.6 Å². The summed E-state index contributed by atoms with van der Waals surface area (Å²) in [5.74, 6) is 0. The van der Waals surface area contributed by atoms with Gasteiger partial charge in [-0.25, -0.2) is 0 Å². The van der Waals surface area contributed by atoms with Crippen LogP contribution in [0.2, 0.25) is 0 Å². The van der Waals surface area contributed by atoms with E-state index in [1.807, 2.05) is 0 Å². The van der Waals surface area contributed by atoms with Crippen LogP contribution in [0, 0.1) is 0 Å². The summed E-state index contributed by atoms with van der Waals surface area (Å²) in [6, 6.07) is 0. The molecular formula is C4H10N4. The lowest BCUT2D eigenvalue weighted by Crippen LogP contribution is -2.02. The molecule has 4 heteroatoms. The molecule has 8 heavy (non-hydrogen) atoms. The van der Waals surface area contributed by atoms with Gasteiger partial charge in [0, 0.05) is 11.9 Å². The molecule has 0 fully saturated rings. The molecule has 0 heterocycles. The van der Waals surface area contributed by atoms with Crippen LogP contribution in [0.25, 0.3) is 0 Å². The Balaban J connectivity index is 3.30. The lowest BCUT2D eigenvalue weighted by molar-refractivity contribution is 0.951. The van der Waals surface area contributed by atoms with Crippen LogP contribution < -0.4 is 16.9 Å². The van der Waals surface area contributed by atoms with Gasteiger partial charge in [-0.3, -0.25) is 5.43 Å². The van der Waals surface area contributed by atoms with Gasteiger partial charge in [0.25, 0.3) is 0 Å². The molecule has 0 aliphatic carbocycles. The molecule has 0 aromatic heterocycles. The Morgan fingerprint density at radius 3 is 2.75 bits per heavy atom. The molecule has 0 rings (SSSR count). The first-order valence-corrected chi connectivity index (χ1v) is 2.18. The standard InChI is InChI=1S/C4H10N4/c1-4(6)2-7-8-3-5/h2-3,7H,6H2,1H3,(H2,5,8)/b4-2+. The van der Waals surface area contributed by atoms with Crippen molar-refractivity contribution < 1.29 is 0 Å². The SMILES string of the molecule is C/C(N)=C\N/N=C\N. The van der Waals surface area contributed by atoms with Crippen molar-refractivity contribution in [2.75, 3.05) is 0 Å². The fraction of sp³-hybridized carbons (Fsp3) is 0.250. The van der Waals surface area contributed by atoms with Crippen molar-refractivity contribution in [1.82, 2.24) is 5.43 Å². The van der Waals surface area contributed by atoms with Gasteiger partial charge in [0.15, 0.2) is 0 Å². The number of hydrazone groups is 1. The Morgan fingerprint density at radius 1 is 1.75 bits per heavy atom. The molecule has 0 spiro atoms. The predicted octanol–water partition coefficient (Wildman–Crippen LogP) is -0.702. The highest BCUT2D eigenvalue weighted by molar-refractivity contribution is 5.50. The third-order valence-corrected chi connectivity index (χ3v) is 0.441. The zero-order valence-electron chi connectivity index (χ0n) is 4.76. The van der Waals surface area contributed by atoms with Crippen LogP contribution in [-0.2, 0) is 0 Å². The van der Waals surface area contributed by atoms with E-state index < -0.39 is 0 Å². The highest BCUT2D eigenvalue weighted by Crippen LogP contribution is 1.71. The average molecular weight is 114 g/mol. The quantitative estimate of drug-likeness (QED) is 0.252. The molecule has 0 aromatic rings. The van der Waals surface area contributed by atoms with Crippen LogP contribution in [0.5, 0.6) is 0 Å². The summed E-state index contributed by atoms with van der Waals surface area (Å²) in [6.07, 6.45) is 2.70. The monoisotopic (exact) mass is 114 g/mol. The Morgan fingerprint density at radius 2 is 2.38 bits per heavy atom. The minimum absolute atomic E-state index is 0.663. The average Bonchev–Trinajstić information content (AvgIpc) is 1.66. The number of nitrogens with zero attached hydrogens (tertiary/aromatic N) is 1. The minimum atomic E-state index is 0.663. The van der Waals surface area contributed by atoms with Gasteiger partial charge in [0.1, 0.15) is 6.34 Å². The Kier molecular flexibility index (Phi) is 3.39. The lowest BCUT2D eigenvalue weighted by Gasteiger charge is -1.88. The fourth-order valence-corrected chi connectivity index (χ4v) is 0.182. The van der Waals surface area contributed by atoms with Crippen LogP contribution >= 0.6 is 0 Å². The highest BCUT2D eigenvalue weighted by atomic mass is 15.3. The van der Waals surface area contributed by atoms with Gasteiger partial charge in [-0.2, -0.15) is 5.10 Å². The van der Waals surface area contributed by atoms with Crippen LogP contribution in [0.4, 0.5) is 0 Å². The number of rotatable bonds is 2. The first-order chi connectivity index (χ1) is 3.77. The molecule has 4 nitrogen and oxygen atoms in total. The van der Waals surface area contributed by atoms with E-state index in [1.165, 1.54) is 0 Å². The third kappa shape index (κ3) is 4.81. The van der Waals surface area contributed by atoms with Gasteiger partial charge < -0.3 is 11.5 Å². The second-order valence-electron chi connectivity index (χ2n) is 1.30. The molecule has 46 valence electrons. The van der Waals surface area contributed by atoms with Crippen molar-refractivity contribution >= 4 is 6.34 Å². The molecule has 0 amide bonds. The minimum Gasteiger partial charge on any atom is -0.401 e. The maximum atomic E-state index is 5.22. The van der Waals surface area contributed by atoms with E-state index in [0.717, 1.165) is 6.34 Å². The van der Waals surface area contributed by atoms with Crippen LogP contribution in [0.15, 0.2) is 17.0 Å². The molecule has 0 atom stereocenters. The zero-order chi connectivity index (χ0) is 6.41. The smallest absolute Gasteiger partial charge is 0.106 e. The van der Waals surface area contributed by atoms with E-state index in [1.54, 1.807) is 13.1 Å². The molecule has 0 bridgehead atoms. The largest absolute Gasteiger partial charge is 0.401 e. The fourth-order valence-electron chi connectivity index (χ4n) is 0.182. The van der Waals surface area contributed by atoms with Crippen molar-refractivity contribution in [3.63, 3.8) is 0 Å². The van der Waals surface area contributed by atoms with E-state index in [-0.39, 0.29) is 0 Å². The lowest BCUT2D eigenvalue weighted by atomic mass is 10.6. The number of nitrogens with one attached hydrogen (secondary N) is 1. The molecule has 0 aliphatic rings. The molecule has 0 saturated carbocycles. The van der Waals surface area contributed by atoms with Crippen LogP contribution in [-0.4, -0.2) is 6.34 Å². The summed E-state index contributed by atoms with van der Waals surface area (Å²) in [6.45, 7) is 1.75. The van der Waals surface area contributed by atoms with E-state index >= 15 is 0 Å². The van der Waals surface area contributed by atoms with Crippen LogP contribution in [0.1, 0.15) is 6.92 Å². The van der Waals surface area contributed by atoms with E-state index in [4.69, 9.17) is 11.5 Å². The predicted molar refractivity (Wildman–Crippen MR) is 33.8 cm³/mol. The summed E-state index contributed by atoms with van der Waals surface area (Å²) < 4.78 is 0. The zero-order valence-corrected chi connectivity index (χ0v) is 4.76. The Bertz CT molecular complexity index is 101. The number of allylic oxidation sites excluding steroid dienone is 1. The number of hydrogen-bond donors (Lipinski definition) is 3. The number of nitrogens with two attached hydrogens (primary N) is 2. The molecule has 0 aliphatic heterocycles. The third-order valence-electron chi connectivity index (χ3n) is 0.441. The molecule has 5 N–H and O–H groups in total. The van der Waals surface area contributed by atoms with Gasteiger partial charge in [0.2, 0.25) is 0 Å². The van der Waals surface area contributed by atoms with Crippen molar-refractivity contribution in [3.05, 3.63) is 11.9 Å². The van der Waals surface area contributed by atoms with Crippen molar-refractivity contribution in [2.45, 2.75) is 6.92 Å². The molecule has 0 radical (unpaired) electrons. The first-order valence-electron chi connectivity index (χ1n) is 2.18. The summed E-state index contributed by atoms with van der Waals surface area (Å²) in [7, 11) is 0. The summed E-state index contributed by atoms with van der Waals surface area (Å²) in [5, 5.41) is 3.46. The number of hydrogen-bond acceptors (Lipinski definition) is 3. The van der Waals surface area contributed by atoms with Crippen molar-refractivity contribution in [1.29, 1.82) is 0 Å². The van der Waals surface area contributed by atoms with E-state index in [9.17, 15) is 0 Å². The van der Waals surface area contributed by atoms with E-state index in [2.05, 4.69) is 10.5 Å². The summed E-state index contributed by atoms with van der Waals surface area (Å²) >= 11 is 0. The normalized spacial score (nSPS) is 12.4. The first kappa shape index (κ1) is 6.81. The summed E-state index contributed by atoms with van der Waals surface area (Å²) in [5.41, 5.74) is 13.3. The van der Waals surface area contributed by atoms with Crippen molar-refractivity contribution in [3.8, 4) is 0 Å². The molecular weight excluding hydrogens is 104 g/mol. The second-order valence-corrected chi connectivity index (χ2v) is 1.30.